The fourth-order valence-corrected chi connectivity index (χ4v) is 2.61. The standard InChI is InChI=1S/C15H14F2N2/c16-10-5-3-6-11(17)15(10)14-8-12(18)9-4-1-2-7-13(9)19-14/h1-7,12,14,19H,8,18H2. The molecule has 1 aliphatic heterocycles. The van der Waals surface area contributed by atoms with E-state index in [0.29, 0.717) is 6.42 Å². The van der Waals surface area contributed by atoms with Crippen molar-refractivity contribution in [2.45, 2.75) is 18.5 Å². The Morgan fingerprint density at radius 3 is 2.42 bits per heavy atom. The Hall–Kier alpha value is -1.94. The van der Waals surface area contributed by atoms with Gasteiger partial charge in [0.05, 0.1) is 6.04 Å². The summed E-state index contributed by atoms with van der Waals surface area (Å²) >= 11 is 0. The maximum absolute atomic E-state index is 13.8. The average Bonchev–Trinajstić information content (AvgIpc) is 2.38. The molecule has 4 heteroatoms. The van der Waals surface area contributed by atoms with Crippen LogP contribution in [0.3, 0.4) is 0 Å². The van der Waals surface area contributed by atoms with E-state index in [1.807, 2.05) is 24.3 Å². The molecule has 0 fully saturated rings. The first-order valence-electron chi connectivity index (χ1n) is 6.22. The molecule has 3 rings (SSSR count). The normalized spacial score (nSPS) is 21.6. The van der Waals surface area contributed by atoms with Crippen LogP contribution < -0.4 is 11.1 Å². The van der Waals surface area contributed by atoms with E-state index in [1.165, 1.54) is 18.2 Å². The largest absolute Gasteiger partial charge is 0.378 e. The molecule has 98 valence electrons. The molecule has 0 aromatic heterocycles. The van der Waals surface area contributed by atoms with Gasteiger partial charge in [-0.25, -0.2) is 8.78 Å². The summed E-state index contributed by atoms with van der Waals surface area (Å²) < 4.78 is 27.6. The lowest BCUT2D eigenvalue weighted by molar-refractivity contribution is 0.492. The van der Waals surface area contributed by atoms with Crippen LogP contribution in [0.25, 0.3) is 0 Å². The Labute approximate surface area is 110 Å². The number of para-hydroxylation sites is 1. The molecule has 0 aliphatic carbocycles. The molecule has 19 heavy (non-hydrogen) atoms. The predicted octanol–water partition coefficient (Wildman–Crippen LogP) is 3.52. The quantitative estimate of drug-likeness (QED) is 0.823. The molecule has 0 amide bonds. The van der Waals surface area contributed by atoms with Crippen molar-refractivity contribution >= 4 is 5.69 Å². The minimum atomic E-state index is -0.538. The average molecular weight is 260 g/mol. The predicted molar refractivity (Wildman–Crippen MR) is 70.7 cm³/mol. The third-order valence-corrected chi connectivity index (χ3v) is 3.53. The summed E-state index contributed by atoms with van der Waals surface area (Å²) in [6, 6.07) is 10.8. The second-order valence-corrected chi connectivity index (χ2v) is 4.76. The fourth-order valence-electron chi connectivity index (χ4n) is 2.61. The van der Waals surface area contributed by atoms with Crippen molar-refractivity contribution < 1.29 is 8.78 Å². The summed E-state index contributed by atoms with van der Waals surface area (Å²) in [4.78, 5) is 0. The molecule has 0 spiro atoms. The number of rotatable bonds is 1. The molecular weight excluding hydrogens is 246 g/mol. The highest BCUT2D eigenvalue weighted by Gasteiger charge is 2.28. The van der Waals surface area contributed by atoms with Gasteiger partial charge < -0.3 is 11.1 Å². The zero-order valence-corrected chi connectivity index (χ0v) is 10.2. The van der Waals surface area contributed by atoms with Gasteiger partial charge in [-0.15, -0.1) is 0 Å². The van der Waals surface area contributed by atoms with Gasteiger partial charge in [-0.3, -0.25) is 0 Å². The van der Waals surface area contributed by atoms with Crippen molar-refractivity contribution in [1.29, 1.82) is 0 Å². The van der Waals surface area contributed by atoms with Gasteiger partial charge in [0, 0.05) is 17.3 Å². The molecule has 1 heterocycles. The van der Waals surface area contributed by atoms with E-state index >= 15 is 0 Å². The third kappa shape index (κ3) is 2.08. The number of hydrogen-bond donors (Lipinski definition) is 2. The Balaban J connectivity index is 2.02. The van der Waals surface area contributed by atoms with Crippen LogP contribution in [0.2, 0.25) is 0 Å². The van der Waals surface area contributed by atoms with Gasteiger partial charge in [0.25, 0.3) is 0 Å². The smallest absolute Gasteiger partial charge is 0.131 e. The first kappa shape index (κ1) is 12.1. The van der Waals surface area contributed by atoms with Gasteiger partial charge in [-0.2, -0.15) is 0 Å². The van der Waals surface area contributed by atoms with E-state index in [4.69, 9.17) is 5.73 Å². The van der Waals surface area contributed by atoms with Gasteiger partial charge in [-0.05, 0) is 30.2 Å². The maximum Gasteiger partial charge on any atom is 0.131 e. The summed E-state index contributed by atoms with van der Waals surface area (Å²) in [5.41, 5.74) is 7.98. The zero-order chi connectivity index (χ0) is 13.4. The van der Waals surface area contributed by atoms with E-state index in [1.54, 1.807) is 0 Å². The summed E-state index contributed by atoms with van der Waals surface area (Å²) in [6.45, 7) is 0. The minimum Gasteiger partial charge on any atom is -0.378 e. The SMILES string of the molecule is NC1CC(c2c(F)cccc2F)Nc2ccccc21. The number of anilines is 1. The highest BCUT2D eigenvalue weighted by atomic mass is 19.1. The van der Waals surface area contributed by atoms with Crippen LogP contribution in [0.5, 0.6) is 0 Å². The molecule has 2 unspecified atom stereocenters. The first-order chi connectivity index (χ1) is 9.16. The molecule has 2 nitrogen and oxygen atoms in total. The Morgan fingerprint density at radius 2 is 1.68 bits per heavy atom. The molecule has 0 saturated carbocycles. The second kappa shape index (κ2) is 4.63. The van der Waals surface area contributed by atoms with Crippen LogP contribution in [-0.2, 0) is 0 Å². The number of hydrogen-bond acceptors (Lipinski definition) is 2. The third-order valence-electron chi connectivity index (χ3n) is 3.53. The number of fused-ring (bicyclic) bond motifs is 1. The Bertz CT molecular complexity index is 593. The number of halogens is 2. The van der Waals surface area contributed by atoms with Crippen molar-refractivity contribution in [2.24, 2.45) is 5.73 Å². The van der Waals surface area contributed by atoms with Gasteiger partial charge >= 0.3 is 0 Å². The zero-order valence-electron chi connectivity index (χ0n) is 10.2. The van der Waals surface area contributed by atoms with E-state index in [2.05, 4.69) is 5.32 Å². The fraction of sp³-hybridized carbons (Fsp3) is 0.200. The van der Waals surface area contributed by atoms with Gasteiger partial charge in [0.15, 0.2) is 0 Å². The van der Waals surface area contributed by atoms with Gasteiger partial charge in [0.1, 0.15) is 11.6 Å². The second-order valence-electron chi connectivity index (χ2n) is 4.76. The number of nitrogens with two attached hydrogens (primary N) is 1. The molecule has 0 radical (unpaired) electrons. The van der Waals surface area contributed by atoms with E-state index in [0.717, 1.165) is 11.3 Å². The minimum absolute atomic E-state index is 0.0625. The Kier molecular flexibility index (Phi) is 2.95. The van der Waals surface area contributed by atoms with Crippen LogP contribution in [0.15, 0.2) is 42.5 Å². The summed E-state index contributed by atoms with van der Waals surface area (Å²) in [6.07, 6.45) is 0.467. The molecule has 2 aromatic carbocycles. The van der Waals surface area contributed by atoms with Crippen LogP contribution in [0.4, 0.5) is 14.5 Å². The van der Waals surface area contributed by atoms with Crippen LogP contribution in [0, 0.1) is 11.6 Å². The summed E-state index contributed by atoms with van der Waals surface area (Å²) in [5.74, 6) is -1.08. The molecule has 1 aliphatic rings. The molecule has 0 bridgehead atoms. The van der Waals surface area contributed by atoms with Crippen molar-refractivity contribution in [2.75, 3.05) is 5.32 Å². The van der Waals surface area contributed by atoms with Gasteiger partial charge in [-0.1, -0.05) is 24.3 Å². The van der Waals surface area contributed by atoms with E-state index in [9.17, 15) is 8.78 Å². The summed E-state index contributed by atoms with van der Waals surface area (Å²) in [5, 5.41) is 3.17. The Morgan fingerprint density at radius 1 is 1.00 bits per heavy atom. The highest BCUT2D eigenvalue weighted by Crippen LogP contribution is 2.38. The lowest BCUT2D eigenvalue weighted by Crippen LogP contribution is -2.27. The van der Waals surface area contributed by atoms with E-state index < -0.39 is 17.7 Å². The van der Waals surface area contributed by atoms with Crippen LogP contribution in [0.1, 0.15) is 29.6 Å². The monoisotopic (exact) mass is 260 g/mol. The van der Waals surface area contributed by atoms with Crippen LogP contribution in [-0.4, -0.2) is 0 Å². The van der Waals surface area contributed by atoms with Gasteiger partial charge in [0.2, 0.25) is 0 Å². The van der Waals surface area contributed by atoms with Crippen molar-refractivity contribution in [3.05, 3.63) is 65.2 Å². The lowest BCUT2D eigenvalue weighted by Gasteiger charge is -2.31. The molecule has 0 saturated heterocycles. The molecule has 2 aromatic rings. The summed E-state index contributed by atoms with van der Waals surface area (Å²) in [7, 11) is 0. The first-order valence-corrected chi connectivity index (χ1v) is 6.22. The lowest BCUT2D eigenvalue weighted by atomic mass is 9.89. The highest BCUT2D eigenvalue weighted by molar-refractivity contribution is 5.56. The van der Waals surface area contributed by atoms with Crippen LogP contribution >= 0.6 is 0 Å². The van der Waals surface area contributed by atoms with Crippen molar-refractivity contribution in [3.63, 3.8) is 0 Å². The maximum atomic E-state index is 13.8. The number of nitrogens with one attached hydrogen (secondary N) is 1. The topological polar surface area (TPSA) is 38.0 Å². The van der Waals surface area contributed by atoms with Crippen molar-refractivity contribution in [3.8, 4) is 0 Å². The molecule has 3 N–H and O–H groups in total. The molecule has 2 atom stereocenters. The number of benzene rings is 2. The van der Waals surface area contributed by atoms with E-state index in [-0.39, 0.29) is 11.6 Å². The van der Waals surface area contributed by atoms with Crippen molar-refractivity contribution in [1.82, 2.24) is 0 Å². The molecular formula is C15H14F2N2.